The summed E-state index contributed by atoms with van der Waals surface area (Å²) in [6.45, 7) is 2.42. The Bertz CT molecular complexity index is 154. The van der Waals surface area contributed by atoms with Crippen molar-refractivity contribution in [1.29, 1.82) is 0 Å². The molecule has 4 nitrogen and oxygen atoms in total. The summed E-state index contributed by atoms with van der Waals surface area (Å²) < 4.78 is 9.45. The van der Waals surface area contributed by atoms with E-state index in [9.17, 15) is 4.79 Å². The largest absolute Gasteiger partial charge is 0.499 e. The van der Waals surface area contributed by atoms with Crippen LogP contribution in [0.4, 0.5) is 0 Å². The molecule has 0 aliphatic heterocycles. The van der Waals surface area contributed by atoms with E-state index in [1.54, 1.807) is 21.1 Å². The molecular formula is C7H13NO3. The third kappa shape index (κ3) is 3.50. The van der Waals surface area contributed by atoms with E-state index >= 15 is 0 Å². The highest BCUT2D eigenvalue weighted by Gasteiger charge is 1.99. The highest BCUT2D eigenvalue weighted by molar-refractivity contribution is 5.37. The smallest absolute Gasteiger partial charge is 0.293 e. The van der Waals surface area contributed by atoms with Crippen molar-refractivity contribution in [3.05, 3.63) is 11.5 Å². The number of rotatable bonds is 5. The fraction of sp³-hybridized carbons (Fsp3) is 0.571. The molecule has 0 rings (SSSR count). The minimum atomic E-state index is 0.222. The zero-order chi connectivity index (χ0) is 8.69. The second kappa shape index (κ2) is 5.58. The number of ether oxygens (including phenoxy) is 2. The Labute approximate surface area is 66.2 Å². The molecule has 64 valence electrons. The lowest BCUT2D eigenvalue weighted by Crippen LogP contribution is -2.14. The van der Waals surface area contributed by atoms with Crippen LogP contribution in [0.2, 0.25) is 0 Å². The molecule has 0 saturated carbocycles. The normalized spacial score (nSPS) is 11.5. The van der Waals surface area contributed by atoms with Crippen LogP contribution in [0.25, 0.3) is 0 Å². The van der Waals surface area contributed by atoms with Gasteiger partial charge in [0, 0.05) is 7.05 Å². The van der Waals surface area contributed by atoms with Crippen LogP contribution in [0.15, 0.2) is 11.5 Å². The van der Waals surface area contributed by atoms with Crippen LogP contribution in [-0.4, -0.2) is 27.2 Å². The molecule has 0 aliphatic carbocycles. The molecule has 0 aromatic rings. The van der Waals surface area contributed by atoms with Gasteiger partial charge in [-0.15, -0.1) is 0 Å². The quantitative estimate of drug-likeness (QED) is 0.461. The molecule has 0 saturated heterocycles. The van der Waals surface area contributed by atoms with Gasteiger partial charge in [0.25, 0.3) is 6.47 Å². The van der Waals surface area contributed by atoms with Gasteiger partial charge >= 0.3 is 0 Å². The molecule has 1 N–H and O–H groups in total. The summed E-state index contributed by atoms with van der Waals surface area (Å²) in [6, 6.07) is 0. The summed E-state index contributed by atoms with van der Waals surface area (Å²) >= 11 is 0. The minimum absolute atomic E-state index is 0.222. The Morgan fingerprint density at radius 3 is 2.64 bits per heavy atom. The Hall–Kier alpha value is -1.19. The number of carbonyl (C=O) groups is 1. The highest BCUT2D eigenvalue weighted by atomic mass is 16.5. The molecule has 0 amide bonds. The summed E-state index contributed by atoms with van der Waals surface area (Å²) in [5.74, 6) is 0.717. The third-order valence-corrected chi connectivity index (χ3v) is 1.33. The van der Waals surface area contributed by atoms with Gasteiger partial charge < -0.3 is 14.8 Å². The summed E-state index contributed by atoms with van der Waals surface area (Å²) in [5, 5.41) is 2.86. The molecule has 11 heavy (non-hydrogen) atoms. The predicted molar refractivity (Wildman–Crippen MR) is 40.8 cm³/mol. The van der Waals surface area contributed by atoms with Crippen LogP contribution >= 0.6 is 0 Å². The van der Waals surface area contributed by atoms with Gasteiger partial charge in [-0.3, -0.25) is 4.79 Å². The van der Waals surface area contributed by atoms with Crippen molar-refractivity contribution < 1.29 is 14.3 Å². The van der Waals surface area contributed by atoms with Gasteiger partial charge in [-0.2, -0.15) is 0 Å². The van der Waals surface area contributed by atoms with Crippen molar-refractivity contribution in [2.24, 2.45) is 0 Å². The van der Waals surface area contributed by atoms with Crippen LogP contribution < -0.4 is 5.32 Å². The first kappa shape index (κ1) is 9.81. The van der Waals surface area contributed by atoms with Crippen LogP contribution in [0.3, 0.4) is 0 Å². The fourth-order valence-electron chi connectivity index (χ4n) is 0.590. The molecule has 4 heteroatoms. The molecule has 0 spiro atoms. The highest BCUT2D eigenvalue weighted by Crippen LogP contribution is 2.00. The van der Waals surface area contributed by atoms with Gasteiger partial charge in [0.2, 0.25) is 0 Å². The first-order chi connectivity index (χ1) is 5.26. The van der Waals surface area contributed by atoms with Crippen molar-refractivity contribution in [1.82, 2.24) is 5.32 Å². The third-order valence-electron chi connectivity index (χ3n) is 1.33. The summed E-state index contributed by atoms with van der Waals surface area (Å²) in [4.78, 5) is 9.82. The van der Waals surface area contributed by atoms with Crippen molar-refractivity contribution in [2.45, 2.75) is 6.92 Å². The Balaban J connectivity index is 4.02. The second-order valence-electron chi connectivity index (χ2n) is 1.90. The van der Waals surface area contributed by atoms with Crippen molar-refractivity contribution in [3.63, 3.8) is 0 Å². The molecule has 0 aromatic heterocycles. The van der Waals surface area contributed by atoms with Crippen molar-refractivity contribution >= 4 is 6.47 Å². The minimum Gasteiger partial charge on any atom is -0.499 e. The Kier molecular flexibility index (Phi) is 4.98. The van der Waals surface area contributed by atoms with E-state index in [1.165, 1.54) is 0 Å². The number of likely N-dealkylation sites (N-methyl/N-ethyl adjacent to an activating group) is 1. The van der Waals surface area contributed by atoms with E-state index in [0.29, 0.717) is 12.2 Å². The summed E-state index contributed by atoms with van der Waals surface area (Å²) in [7, 11) is 3.31. The number of hydrogen-bond donors (Lipinski definition) is 1. The first-order valence-corrected chi connectivity index (χ1v) is 3.23. The molecule has 0 aromatic carbocycles. The lowest BCUT2D eigenvalue weighted by molar-refractivity contribution is -0.127. The lowest BCUT2D eigenvalue weighted by Gasteiger charge is -2.08. The first-order valence-electron chi connectivity index (χ1n) is 3.23. The van der Waals surface area contributed by atoms with Gasteiger partial charge in [-0.05, 0) is 6.92 Å². The maximum absolute atomic E-state index is 9.82. The van der Waals surface area contributed by atoms with E-state index in [1.807, 2.05) is 0 Å². The monoisotopic (exact) mass is 159 g/mol. The van der Waals surface area contributed by atoms with Crippen LogP contribution in [0, 0.1) is 0 Å². The molecule has 0 bridgehead atoms. The Morgan fingerprint density at radius 2 is 2.27 bits per heavy atom. The maximum Gasteiger partial charge on any atom is 0.293 e. The maximum atomic E-state index is 9.82. The van der Waals surface area contributed by atoms with Gasteiger partial charge in [0.05, 0.1) is 12.8 Å². The van der Waals surface area contributed by atoms with Gasteiger partial charge in [-0.25, -0.2) is 0 Å². The van der Waals surface area contributed by atoms with Gasteiger partial charge in [0.1, 0.15) is 12.4 Å². The topological polar surface area (TPSA) is 47.6 Å². The van der Waals surface area contributed by atoms with E-state index in [2.05, 4.69) is 10.1 Å². The molecule has 0 radical (unpaired) electrons. The molecule has 0 unspecified atom stereocenters. The summed E-state index contributed by atoms with van der Waals surface area (Å²) in [5.41, 5.74) is 0.764. The van der Waals surface area contributed by atoms with E-state index < -0.39 is 0 Å². The second-order valence-corrected chi connectivity index (χ2v) is 1.90. The number of allylic oxidation sites excluding steroid dienone is 1. The molecule has 0 heterocycles. The van der Waals surface area contributed by atoms with Crippen molar-refractivity contribution in [2.75, 3.05) is 20.8 Å². The molecule has 0 atom stereocenters. The number of hydrogen-bond acceptors (Lipinski definition) is 4. The van der Waals surface area contributed by atoms with Crippen LogP contribution in [0.1, 0.15) is 6.92 Å². The summed E-state index contributed by atoms with van der Waals surface area (Å²) in [6.07, 6.45) is 0. The predicted octanol–water partition coefficient (Wildman–Crippen LogP) is 0.257. The lowest BCUT2D eigenvalue weighted by atomic mass is 10.4. The van der Waals surface area contributed by atoms with Gasteiger partial charge in [-0.1, -0.05) is 0 Å². The van der Waals surface area contributed by atoms with Crippen molar-refractivity contribution in [3.8, 4) is 0 Å². The van der Waals surface area contributed by atoms with E-state index in [0.717, 1.165) is 5.70 Å². The average Bonchev–Trinajstić information content (AvgIpc) is 2.05. The number of methoxy groups -OCH3 is 1. The molecule has 0 fully saturated rings. The van der Waals surface area contributed by atoms with Crippen LogP contribution in [-0.2, 0) is 14.3 Å². The van der Waals surface area contributed by atoms with Crippen LogP contribution in [0.5, 0.6) is 0 Å². The van der Waals surface area contributed by atoms with E-state index in [4.69, 9.17) is 4.74 Å². The SMILES string of the molecule is CN/C(COC=O)=C(\C)OC. The number of nitrogens with one attached hydrogen (secondary N) is 1. The average molecular weight is 159 g/mol. The Morgan fingerprint density at radius 1 is 1.64 bits per heavy atom. The fourth-order valence-corrected chi connectivity index (χ4v) is 0.590. The number of carbonyl (C=O) groups excluding carboxylic acids is 1. The standard InChI is InChI=1S/C7H13NO3/c1-6(10-3)7(8-2)4-11-5-9/h5,8H,4H2,1-3H3/b7-6+. The zero-order valence-corrected chi connectivity index (χ0v) is 7.01. The molecular weight excluding hydrogens is 146 g/mol. The zero-order valence-electron chi connectivity index (χ0n) is 7.01. The van der Waals surface area contributed by atoms with E-state index in [-0.39, 0.29) is 6.61 Å². The molecule has 0 aliphatic rings. The van der Waals surface area contributed by atoms with Gasteiger partial charge in [0.15, 0.2) is 0 Å².